The lowest BCUT2D eigenvalue weighted by Crippen LogP contribution is -2.15. The van der Waals surface area contributed by atoms with Crippen LogP contribution in [0.3, 0.4) is 0 Å². The van der Waals surface area contributed by atoms with Crippen molar-refractivity contribution in [3.63, 3.8) is 0 Å². The van der Waals surface area contributed by atoms with Gasteiger partial charge in [-0.25, -0.2) is 4.79 Å². The van der Waals surface area contributed by atoms with Gasteiger partial charge in [0.15, 0.2) is 0 Å². The van der Waals surface area contributed by atoms with Crippen LogP contribution in [0.15, 0.2) is 16.5 Å². The number of furan rings is 1. The number of aryl methyl sites for hydroxylation is 1. The molecule has 0 fully saturated rings. The van der Waals surface area contributed by atoms with Gasteiger partial charge in [0.2, 0.25) is 5.76 Å². The first-order chi connectivity index (χ1) is 6.63. The third-order valence-electron chi connectivity index (χ3n) is 1.89. The Balaban J connectivity index is 2.55. The van der Waals surface area contributed by atoms with E-state index in [9.17, 15) is 4.79 Å². The largest absolute Gasteiger partial charge is 0.463 e. The van der Waals surface area contributed by atoms with E-state index in [2.05, 4.69) is 4.74 Å². The molecular weight excluding hydrogens is 182 g/mol. The molecule has 0 radical (unpaired) electrons. The van der Waals surface area contributed by atoms with Crippen LogP contribution in [0.4, 0.5) is 0 Å². The number of esters is 1. The van der Waals surface area contributed by atoms with Gasteiger partial charge in [0, 0.05) is 12.5 Å². The Morgan fingerprint density at radius 1 is 1.64 bits per heavy atom. The zero-order valence-corrected chi connectivity index (χ0v) is 8.45. The second-order valence-corrected chi connectivity index (χ2v) is 3.27. The van der Waals surface area contributed by atoms with E-state index in [0.29, 0.717) is 0 Å². The van der Waals surface area contributed by atoms with Crippen LogP contribution in [-0.4, -0.2) is 19.1 Å². The molecule has 0 aliphatic carbocycles. The monoisotopic (exact) mass is 197 g/mol. The molecule has 4 nitrogen and oxygen atoms in total. The molecule has 0 amide bonds. The van der Waals surface area contributed by atoms with Crippen LogP contribution in [0.1, 0.15) is 29.7 Å². The van der Waals surface area contributed by atoms with Crippen LogP contribution in [0, 0.1) is 0 Å². The van der Waals surface area contributed by atoms with E-state index in [1.54, 1.807) is 12.1 Å². The van der Waals surface area contributed by atoms with Gasteiger partial charge < -0.3 is 14.9 Å². The molecular formula is C10H15NO3. The summed E-state index contributed by atoms with van der Waals surface area (Å²) in [6, 6.07) is 3.53. The predicted molar refractivity (Wildman–Crippen MR) is 52.0 cm³/mol. The Kier molecular flexibility index (Phi) is 3.71. The van der Waals surface area contributed by atoms with Gasteiger partial charge in [-0.15, -0.1) is 0 Å². The molecule has 1 aromatic heterocycles. The van der Waals surface area contributed by atoms with E-state index in [0.717, 1.165) is 18.6 Å². The smallest absolute Gasteiger partial charge is 0.373 e. The van der Waals surface area contributed by atoms with Gasteiger partial charge in [-0.05, 0) is 25.5 Å². The summed E-state index contributed by atoms with van der Waals surface area (Å²) in [5, 5.41) is 0. The normalized spacial score (nSPS) is 12.5. The number of ether oxygens (including phenoxy) is 1. The van der Waals surface area contributed by atoms with Gasteiger partial charge in [0.1, 0.15) is 5.76 Å². The molecule has 0 aliphatic heterocycles. The number of carbonyl (C=O) groups is 1. The van der Waals surface area contributed by atoms with Gasteiger partial charge in [-0.2, -0.15) is 0 Å². The van der Waals surface area contributed by atoms with Gasteiger partial charge in [-0.1, -0.05) is 0 Å². The summed E-state index contributed by atoms with van der Waals surface area (Å²) in [5.74, 6) is 0.562. The predicted octanol–water partition coefficient (Wildman–Crippen LogP) is 1.35. The number of rotatable bonds is 4. The van der Waals surface area contributed by atoms with E-state index >= 15 is 0 Å². The van der Waals surface area contributed by atoms with Crippen LogP contribution in [0.5, 0.6) is 0 Å². The summed E-state index contributed by atoms with van der Waals surface area (Å²) in [5.41, 5.74) is 5.60. The maximum absolute atomic E-state index is 11.0. The molecule has 0 saturated carbocycles. The molecule has 1 atom stereocenters. The van der Waals surface area contributed by atoms with Crippen LogP contribution in [-0.2, 0) is 11.2 Å². The van der Waals surface area contributed by atoms with Crippen molar-refractivity contribution in [2.75, 3.05) is 7.11 Å². The Bertz CT molecular complexity index is 304. The van der Waals surface area contributed by atoms with E-state index < -0.39 is 5.97 Å². The quantitative estimate of drug-likeness (QED) is 0.740. The summed E-state index contributed by atoms with van der Waals surface area (Å²) in [6.07, 6.45) is 1.59. The van der Waals surface area contributed by atoms with Crippen LogP contribution in [0.25, 0.3) is 0 Å². The van der Waals surface area contributed by atoms with Crippen molar-refractivity contribution in [2.24, 2.45) is 5.73 Å². The van der Waals surface area contributed by atoms with E-state index in [4.69, 9.17) is 10.2 Å². The van der Waals surface area contributed by atoms with E-state index in [1.165, 1.54) is 7.11 Å². The molecule has 4 heteroatoms. The third-order valence-corrected chi connectivity index (χ3v) is 1.89. The minimum Gasteiger partial charge on any atom is -0.463 e. The SMILES string of the molecule is COC(=O)c1ccc(CCC(C)N)o1. The van der Waals surface area contributed by atoms with Crippen molar-refractivity contribution in [3.05, 3.63) is 23.7 Å². The third kappa shape index (κ3) is 2.88. The topological polar surface area (TPSA) is 65.5 Å². The molecule has 1 unspecified atom stereocenters. The van der Waals surface area contributed by atoms with Crippen molar-refractivity contribution in [3.8, 4) is 0 Å². The Labute approximate surface area is 83.0 Å². The number of hydrogen-bond donors (Lipinski definition) is 1. The number of hydrogen-bond acceptors (Lipinski definition) is 4. The first-order valence-corrected chi connectivity index (χ1v) is 4.56. The number of carbonyl (C=O) groups excluding carboxylic acids is 1. The average molecular weight is 197 g/mol. The summed E-state index contributed by atoms with van der Waals surface area (Å²) >= 11 is 0. The second kappa shape index (κ2) is 4.81. The van der Waals surface area contributed by atoms with E-state index in [1.807, 2.05) is 6.92 Å². The second-order valence-electron chi connectivity index (χ2n) is 3.27. The highest BCUT2D eigenvalue weighted by Gasteiger charge is 2.10. The van der Waals surface area contributed by atoms with Crippen molar-refractivity contribution < 1.29 is 13.9 Å². The fourth-order valence-corrected chi connectivity index (χ4v) is 1.09. The molecule has 1 heterocycles. The zero-order chi connectivity index (χ0) is 10.6. The summed E-state index contributed by atoms with van der Waals surface area (Å²) in [6.45, 7) is 1.93. The number of methoxy groups -OCH3 is 1. The molecule has 1 aromatic rings. The highest BCUT2D eigenvalue weighted by Crippen LogP contribution is 2.11. The fraction of sp³-hybridized carbons (Fsp3) is 0.500. The molecule has 1 rings (SSSR count). The standard InChI is InChI=1S/C10H15NO3/c1-7(11)3-4-8-5-6-9(14-8)10(12)13-2/h5-7H,3-4,11H2,1-2H3. The average Bonchev–Trinajstić information content (AvgIpc) is 2.62. The first-order valence-electron chi connectivity index (χ1n) is 4.56. The lowest BCUT2D eigenvalue weighted by Gasteiger charge is -2.01. The van der Waals surface area contributed by atoms with Gasteiger partial charge >= 0.3 is 5.97 Å². The van der Waals surface area contributed by atoms with Crippen molar-refractivity contribution >= 4 is 5.97 Å². The molecule has 0 saturated heterocycles. The molecule has 0 spiro atoms. The van der Waals surface area contributed by atoms with Crippen LogP contribution in [0.2, 0.25) is 0 Å². The summed E-state index contributed by atoms with van der Waals surface area (Å²) < 4.78 is 9.77. The summed E-state index contributed by atoms with van der Waals surface area (Å²) in [7, 11) is 1.33. The van der Waals surface area contributed by atoms with Gasteiger partial charge in [-0.3, -0.25) is 0 Å². The van der Waals surface area contributed by atoms with Crippen LogP contribution >= 0.6 is 0 Å². The molecule has 14 heavy (non-hydrogen) atoms. The first kappa shape index (κ1) is 10.8. The Morgan fingerprint density at radius 3 is 2.93 bits per heavy atom. The number of nitrogens with two attached hydrogens (primary N) is 1. The molecule has 78 valence electrons. The molecule has 0 aliphatic rings. The zero-order valence-electron chi connectivity index (χ0n) is 8.45. The van der Waals surface area contributed by atoms with Gasteiger partial charge in [0.05, 0.1) is 7.11 Å². The molecule has 2 N–H and O–H groups in total. The van der Waals surface area contributed by atoms with E-state index in [-0.39, 0.29) is 11.8 Å². The summed E-state index contributed by atoms with van der Waals surface area (Å²) in [4.78, 5) is 11.0. The highest BCUT2D eigenvalue weighted by atomic mass is 16.5. The Hall–Kier alpha value is -1.29. The van der Waals surface area contributed by atoms with Gasteiger partial charge in [0.25, 0.3) is 0 Å². The minimum absolute atomic E-state index is 0.140. The molecule has 0 aromatic carbocycles. The fourth-order valence-electron chi connectivity index (χ4n) is 1.09. The maximum atomic E-state index is 11.0. The lowest BCUT2D eigenvalue weighted by atomic mass is 10.2. The maximum Gasteiger partial charge on any atom is 0.373 e. The Morgan fingerprint density at radius 2 is 2.36 bits per heavy atom. The van der Waals surface area contributed by atoms with Crippen molar-refractivity contribution in [2.45, 2.75) is 25.8 Å². The van der Waals surface area contributed by atoms with Crippen molar-refractivity contribution in [1.29, 1.82) is 0 Å². The molecule has 0 bridgehead atoms. The highest BCUT2D eigenvalue weighted by molar-refractivity contribution is 5.86. The lowest BCUT2D eigenvalue weighted by molar-refractivity contribution is 0.0563. The van der Waals surface area contributed by atoms with Crippen molar-refractivity contribution in [1.82, 2.24) is 0 Å². The van der Waals surface area contributed by atoms with Crippen LogP contribution < -0.4 is 5.73 Å². The minimum atomic E-state index is -0.447.